The quantitative estimate of drug-likeness (QED) is 0.751. The van der Waals surface area contributed by atoms with E-state index in [2.05, 4.69) is 56.1 Å². The highest BCUT2D eigenvalue weighted by atomic mass is 79.9. The van der Waals surface area contributed by atoms with Gasteiger partial charge >= 0.3 is 0 Å². The number of nitrogens with zero attached hydrogens (tertiary/aromatic N) is 1. The van der Waals surface area contributed by atoms with Crippen LogP contribution in [0.25, 0.3) is 0 Å². The fourth-order valence-electron chi connectivity index (χ4n) is 2.32. The van der Waals surface area contributed by atoms with Crippen LogP contribution in [0.2, 0.25) is 0 Å². The van der Waals surface area contributed by atoms with Crippen molar-refractivity contribution >= 4 is 43.6 Å². The van der Waals surface area contributed by atoms with Crippen LogP contribution in [-0.2, 0) is 6.54 Å². The Balaban J connectivity index is 1.94. The Kier molecular flexibility index (Phi) is 3.87. The van der Waals surface area contributed by atoms with Crippen LogP contribution in [0.3, 0.4) is 0 Å². The summed E-state index contributed by atoms with van der Waals surface area (Å²) < 4.78 is 3.29. The fraction of sp³-hybridized carbons (Fsp3) is 0.214. The molecule has 0 saturated carbocycles. The average Bonchev–Trinajstić information content (AvgIpc) is 2.79. The minimum absolute atomic E-state index is 0.0255. The van der Waals surface area contributed by atoms with Crippen molar-refractivity contribution in [3.05, 3.63) is 61.4 Å². The van der Waals surface area contributed by atoms with Gasteiger partial charge in [0, 0.05) is 33.8 Å². The highest BCUT2D eigenvalue weighted by Crippen LogP contribution is 2.39. The zero-order valence-corrected chi connectivity index (χ0v) is 14.0. The largest absolute Gasteiger partial charge is 0.313 e. The van der Waals surface area contributed by atoms with E-state index in [0.29, 0.717) is 10.4 Å². The van der Waals surface area contributed by atoms with Crippen molar-refractivity contribution in [1.29, 1.82) is 0 Å². The van der Waals surface area contributed by atoms with Gasteiger partial charge in [0.15, 0.2) is 0 Å². The third-order valence-electron chi connectivity index (χ3n) is 3.22. The van der Waals surface area contributed by atoms with Gasteiger partial charge in [0.25, 0.3) is 5.56 Å². The first-order valence-electron chi connectivity index (χ1n) is 5.92. The summed E-state index contributed by atoms with van der Waals surface area (Å²) in [7, 11) is 0. The van der Waals surface area contributed by atoms with Crippen molar-refractivity contribution in [3.8, 4) is 0 Å². The van der Waals surface area contributed by atoms with E-state index in [-0.39, 0.29) is 5.56 Å². The van der Waals surface area contributed by atoms with Gasteiger partial charge in [0.1, 0.15) is 0 Å². The molecule has 2 heterocycles. The van der Waals surface area contributed by atoms with Gasteiger partial charge in [-0.3, -0.25) is 4.79 Å². The fourth-order valence-corrected chi connectivity index (χ4v) is 4.82. The lowest BCUT2D eigenvalue weighted by atomic mass is 10.0. The molecule has 0 aliphatic carbocycles. The summed E-state index contributed by atoms with van der Waals surface area (Å²) in [6.45, 7) is 0.723. The number of aromatic nitrogens is 1. The van der Waals surface area contributed by atoms with Gasteiger partial charge in [-0.05, 0) is 49.6 Å². The second-order valence-electron chi connectivity index (χ2n) is 4.51. The zero-order chi connectivity index (χ0) is 13.4. The molecule has 0 fully saturated rings. The first-order valence-corrected chi connectivity index (χ1v) is 8.49. The van der Waals surface area contributed by atoms with E-state index in [1.54, 1.807) is 10.6 Å². The molecule has 3 rings (SSSR count). The van der Waals surface area contributed by atoms with Crippen LogP contribution in [0.5, 0.6) is 0 Å². The number of benzene rings is 1. The van der Waals surface area contributed by atoms with Crippen LogP contribution in [-0.4, -0.2) is 10.3 Å². The predicted molar refractivity (Wildman–Crippen MR) is 86.0 cm³/mol. The second kappa shape index (κ2) is 5.46. The van der Waals surface area contributed by atoms with Gasteiger partial charge in [-0.25, -0.2) is 0 Å². The van der Waals surface area contributed by atoms with E-state index in [1.807, 2.05) is 18.0 Å². The smallest absolute Gasteiger partial charge is 0.264 e. The van der Waals surface area contributed by atoms with Crippen LogP contribution in [0.15, 0.2) is 55.2 Å². The maximum Gasteiger partial charge on any atom is 0.264 e. The van der Waals surface area contributed by atoms with E-state index < -0.39 is 0 Å². The summed E-state index contributed by atoms with van der Waals surface area (Å²) in [4.78, 5) is 13.5. The monoisotopic (exact) mass is 399 g/mol. The highest BCUT2D eigenvalue weighted by molar-refractivity contribution is 9.11. The van der Waals surface area contributed by atoms with Crippen molar-refractivity contribution in [2.75, 3.05) is 5.75 Å². The van der Waals surface area contributed by atoms with Gasteiger partial charge < -0.3 is 4.57 Å². The molecule has 0 amide bonds. The lowest BCUT2D eigenvalue weighted by molar-refractivity contribution is 0.585. The van der Waals surface area contributed by atoms with E-state index in [4.69, 9.17) is 0 Å². The Morgan fingerprint density at radius 1 is 1.32 bits per heavy atom. The number of rotatable bonds is 2. The van der Waals surface area contributed by atoms with E-state index in [9.17, 15) is 4.79 Å². The van der Waals surface area contributed by atoms with Gasteiger partial charge in [-0.15, -0.1) is 11.8 Å². The first kappa shape index (κ1) is 13.5. The lowest BCUT2D eigenvalue weighted by Gasteiger charge is -2.13. The van der Waals surface area contributed by atoms with Crippen molar-refractivity contribution in [3.63, 3.8) is 0 Å². The van der Waals surface area contributed by atoms with Crippen molar-refractivity contribution < 1.29 is 0 Å². The van der Waals surface area contributed by atoms with Gasteiger partial charge in [0.05, 0.1) is 4.47 Å². The van der Waals surface area contributed by atoms with E-state index in [0.717, 1.165) is 16.8 Å². The maximum atomic E-state index is 12.1. The summed E-state index contributed by atoms with van der Waals surface area (Å²) >= 11 is 8.61. The van der Waals surface area contributed by atoms with Gasteiger partial charge in [-0.2, -0.15) is 0 Å². The van der Waals surface area contributed by atoms with Crippen molar-refractivity contribution in [1.82, 2.24) is 4.57 Å². The van der Waals surface area contributed by atoms with Gasteiger partial charge in [0.2, 0.25) is 0 Å². The zero-order valence-electron chi connectivity index (χ0n) is 9.98. The molecule has 1 atom stereocenters. The molecule has 1 aliphatic heterocycles. The number of thioether (sulfide) groups is 1. The standard InChI is InChI=1S/C14H11Br2NOS/c15-10-5-12(16)14(18)17(7-10)6-9-8-19-13-4-2-1-3-11(9)13/h1-5,7,9H,6,8H2. The number of hydrogen-bond acceptors (Lipinski definition) is 2. The minimum Gasteiger partial charge on any atom is -0.313 e. The Bertz CT molecular complexity index is 683. The van der Waals surface area contributed by atoms with Crippen LogP contribution >= 0.6 is 43.6 Å². The SMILES string of the molecule is O=c1c(Br)cc(Br)cn1CC1CSc2ccccc21. The molecule has 0 N–H and O–H groups in total. The second-order valence-corrected chi connectivity index (χ2v) is 7.34. The molecule has 2 nitrogen and oxygen atoms in total. The molecule has 1 aliphatic rings. The third kappa shape index (κ3) is 2.69. The first-order chi connectivity index (χ1) is 9.15. The lowest BCUT2D eigenvalue weighted by Crippen LogP contribution is -2.23. The Hall–Kier alpha value is -0.520. The van der Waals surface area contributed by atoms with Crippen molar-refractivity contribution in [2.45, 2.75) is 17.4 Å². The third-order valence-corrected chi connectivity index (χ3v) is 5.48. The molecule has 5 heteroatoms. The number of fused-ring (bicyclic) bond motifs is 1. The molecule has 19 heavy (non-hydrogen) atoms. The van der Waals surface area contributed by atoms with Crippen LogP contribution in [0.1, 0.15) is 11.5 Å². The normalized spacial score (nSPS) is 17.5. The summed E-state index contributed by atoms with van der Waals surface area (Å²) in [5, 5.41) is 0. The summed E-state index contributed by atoms with van der Waals surface area (Å²) in [6, 6.07) is 10.2. The summed E-state index contributed by atoms with van der Waals surface area (Å²) in [5.74, 6) is 1.44. The molecule has 1 aromatic heterocycles. The van der Waals surface area contributed by atoms with Crippen LogP contribution in [0.4, 0.5) is 0 Å². The van der Waals surface area contributed by atoms with Crippen LogP contribution in [0, 0.1) is 0 Å². The molecular formula is C14H11Br2NOS. The molecule has 0 saturated heterocycles. The number of halogens is 2. The Labute approximate surface area is 132 Å². The predicted octanol–water partition coefficient (Wildman–Crippen LogP) is 4.26. The number of pyridine rings is 1. The molecule has 1 aromatic carbocycles. The molecule has 0 bridgehead atoms. The number of hydrogen-bond donors (Lipinski definition) is 0. The molecule has 0 spiro atoms. The molecule has 0 radical (unpaired) electrons. The Morgan fingerprint density at radius 2 is 2.11 bits per heavy atom. The maximum absolute atomic E-state index is 12.1. The van der Waals surface area contributed by atoms with Crippen LogP contribution < -0.4 is 5.56 Å². The molecule has 98 valence electrons. The molecular weight excluding hydrogens is 390 g/mol. The topological polar surface area (TPSA) is 22.0 Å². The van der Waals surface area contributed by atoms with E-state index >= 15 is 0 Å². The molecule has 1 unspecified atom stereocenters. The minimum atomic E-state index is 0.0255. The average molecular weight is 401 g/mol. The highest BCUT2D eigenvalue weighted by Gasteiger charge is 2.23. The van der Waals surface area contributed by atoms with Crippen molar-refractivity contribution in [2.24, 2.45) is 0 Å². The molecule has 2 aromatic rings. The van der Waals surface area contributed by atoms with E-state index in [1.165, 1.54) is 10.5 Å². The van der Waals surface area contributed by atoms with Gasteiger partial charge in [-0.1, -0.05) is 18.2 Å². The summed E-state index contributed by atoms with van der Waals surface area (Å²) in [5.41, 5.74) is 1.38. The Morgan fingerprint density at radius 3 is 2.95 bits per heavy atom. The summed E-state index contributed by atoms with van der Waals surface area (Å²) in [6.07, 6.45) is 1.86.